The van der Waals surface area contributed by atoms with Crippen molar-refractivity contribution in [3.8, 4) is 0 Å². The lowest BCUT2D eigenvalue weighted by Crippen LogP contribution is -2.48. The second-order valence-corrected chi connectivity index (χ2v) is 9.19. The van der Waals surface area contributed by atoms with Gasteiger partial charge in [0.1, 0.15) is 5.56 Å². The van der Waals surface area contributed by atoms with Gasteiger partial charge in [-0.3, -0.25) is 9.89 Å². The molecule has 162 valence electrons. The standard InChI is InChI=1S/C24H35N5O/c1-17-3-5-19(6-4-17)7-8-21-22(23(25)30)24(27-26-21)29-15-11-20(12-16-29)28-13-9-18(2)10-14-28/h3-6,18,20H,7-16H2,1-2H3,(H2,25,30)(H,26,27). The molecule has 0 bridgehead atoms. The van der Waals surface area contributed by atoms with Crippen molar-refractivity contribution in [3.63, 3.8) is 0 Å². The molecule has 2 aliphatic heterocycles. The van der Waals surface area contributed by atoms with E-state index in [4.69, 9.17) is 5.73 Å². The highest BCUT2D eigenvalue weighted by Gasteiger charge is 2.30. The molecule has 1 amide bonds. The number of aromatic amines is 1. The Labute approximate surface area is 179 Å². The number of carbonyl (C=O) groups excluding carboxylic acids is 1. The second kappa shape index (κ2) is 9.21. The van der Waals surface area contributed by atoms with Gasteiger partial charge >= 0.3 is 0 Å². The predicted molar refractivity (Wildman–Crippen MR) is 121 cm³/mol. The van der Waals surface area contributed by atoms with Gasteiger partial charge in [-0.15, -0.1) is 0 Å². The average Bonchev–Trinajstić information content (AvgIpc) is 3.18. The summed E-state index contributed by atoms with van der Waals surface area (Å²) in [6, 6.07) is 9.18. The molecule has 0 saturated carbocycles. The number of aryl methyl sites for hydroxylation is 3. The Morgan fingerprint density at radius 1 is 1.07 bits per heavy atom. The Morgan fingerprint density at radius 3 is 2.37 bits per heavy atom. The molecule has 2 aromatic rings. The van der Waals surface area contributed by atoms with Gasteiger partial charge in [0.15, 0.2) is 5.82 Å². The average molecular weight is 410 g/mol. The van der Waals surface area contributed by atoms with Gasteiger partial charge in [-0.05, 0) is 70.0 Å². The summed E-state index contributed by atoms with van der Waals surface area (Å²) in [5.41, 5.74) is 9.71. The van der Waals surface area contributed by atoms with Crippen LogP contribution in [0.1, 0.15) is 59.8 Å². The van der Waals surface area contributed by atoms with E-state index < -0.39 is 0 Å². The number of hydrogen-bond donors (Lipinski definition) is 2. The van der Waals surface area contributed by atoms with Crippen LogP contribution in [-0.4, -0.2) is 53.2 Å². The lowest BCUT2D eigenvalue weighted by molar-refractivity contribution is 0.0999. The topological polar surface area (TPSA) is 78.2 Å². The minimum absolute atomic E-state index is 0.384. The number of anilines is 1. The van der Waals surface area contributed by atoms with Crippen molar-refractivity contribution in [1.82, 2.24) is 15.1 Å². The van der Waals surface area contributed by atoms with Crippen molar-refractivity contribution in [2.75, 3.05) is 31.1 Å². The third-order valence-electron chi connectivity index (χ3n) is 6.95. The normalized spacial score (nSPS) is 19.3. The van der Waals surface area contributed by atoms with Crippen LogP contribution in [-0.2, 0) is 12.8 Å². The van der Waals surface area contributed by atoms with Gasteiger partial charge in [-0.25, -0.2) is 0 Å². The number of nitrogens with zero attached hydrogens (tertiary/aromatic N) is 3. The first kappa shape index (κ1) is 20.9. The predicted octanol–water partition coefficient (Wildman–Crippen LogP) is 3.30. The SMILES string of the molecule is Cc1ccc(CCc2[nH]nc(N3CCC(N4CCC(C)CC4)CC3)c2C(N)=O)cc1. The number of primary amides is 1. The molecule has 3 heterocycles. The number of amides is 1. The fraction of sp³-hybridized carbons (Fsp3) is 0.583. The third-order valence-corrected chi connectivity index (χ3v) is 6.95. The molecule has 6 nitrogen and oxygen atoms in total. The first-order valence-corrected chi connectivity index (χ1v) is 11.4. The fourth-order valence-corrected chi connectivity index (χ4v) is 4.90. The molecule has 6 heteroatoms. The first-order valence-electron chi connectivity index (χ1n) is 11.4. The van der Waals surface area contributed by atoms with Gasteiger partial charge in [-0.2, -0.15) is 5.10 Å². The minimum atomic E-state index is -0.384. The van der Waals surface area contributed by atoms with Gasteiger partial charge < -0.3 is 15.5 Å². The van der Waals surface area contributed by atoms with E-state index in [9.17, 15) is 4.79 Å². The number of aromatic nitrogens is 2. The molecular weight excluding hydrogens is 374 g/mol. The number of H-pyrrole nitrogens is 1. The molecular formula is C24H35N5O. The summed E-state index contributed by atoms with van der Waals surface area (Å²) in [6.45, 7) is 8.76. The zero-order valence-electron chi connectivity index (χ0n) is 18.4. The molecule has 0 unspecified atom stereocenters. The zero-order valence-corrected chi connectivity index (χ0v) is 18.4. The first-order chi connectivity index (χ1) is 14.5. The number of hydrogen-bond acceptors (Lipinski definition) is 4. The summed E-state index contributed by atoms with van der Waals surface area (Å²) in [5.74, 6) is 1.22. The van der Waals surface area contributed by atoms with E-state index in [1.165, 1.54) is 37.1 Å². The van der Waals surface area contributed by atoms with Crippen LogP contribution in [0.15, 0.2) is 24.3 Å². The number of carbonyl (C=O) groups is 1. The van der Waals surface area contributed by atoms with Crippen molar-refractivity contribution >= 4 is 11.7 Å². The number of benzene rings is 1. The largest absolute Gasteiger partial charge is 0.365 e. The minimum Gasteiger partial charge on any atom is -0.365 e. The Balaban J connectivity index is 1.39. The van der Waals surface area contributed by atoms with E-state index in [1.54, 1.807) is 0 Å². The van der Waals surface area contributed by atoms with E-state index in [-0.39, 0.29) is 5.91 Å². The van der Waals surface area contributed by atoms with Crippen LogP contribution >= 0.6 is 0 Å². The van der Waals surface area contributed by atoms with Gasteiger partial charge in [0.05, 0.1) is 5.69 Å². The maximum absolute atomic E-state index is 12.3. The Hall–Kier alpha value is -2.34. The van der Waals surface area contributed by atoms with Crippen LogP contribution in [0, 0.1) is 12.8 Å². The summed E-state index contributed by atoms with van der Waals surface area (Å²) < 4.78 is 0. The van der Waals surface area contributed by atoms with E-state index in [0.29, 0.717) is 11.6 Å². The highest BCUT2D eigenvalue weighted by atomic mass is 16.1. The molecule has 3 N–H and O–H groups in total. The molecule has 2 aliphatic rings. The third kappa shape index (κ3) is 4.69. The monoisotopic (exact) mass is 409 g/mol. The maximum atomic E-state index is 12.3. The smallest absolute Gasteiger partial charge is 0.254 e. The lowest BCUT2D eigenvalue weighted by atomic mass is 9.95. The van der Waals surface area contributed by atoms with Crippen molar-refractivity contribution in [2.24, 2.45) is 11.7 Å². The maximum Gasteiger partial charge on any atom is 0.254 e. The van der Waals surface area contributed by atoms with Crippen LogP contribution in [0.3, 0.4) is 0 Å². The number of likely N-dealkylation sites (tertiary alicyclic amines) is 1. The molecule has 0 spiro atoms. The van der Waals surface area contributed by atoms with Gasteiger partial charge in [0.25, 0.3) is 5.91 Å². The summed E-state index contributed by atoms with van der Waals surface area (Å²) in [6.07, 6.45) is 6.47. The number of rotatable bonds is 6. The number of nitrogens with one attached hydrogen (secondary N) is 1. The summed E-state index contributed by atoms with van der Waals surface area (Å²) in [4.78, 5) is 17.2. The zero-order chi connectivity index (χ0) is 21.1. The molecule has 30 heavy (non-hydrogen) atoms. The molecule has 2 fully saturated rings. The van der Waals surface area contributed by atoms with E-state index in [0.717, 1.165) is 56.2 Å². The number of piperidine rings is 2. The number of nitrogens with two attached hydrogens (primary N) is 1. The van der Waals surface area contributed by atoms with Crippen LogP contribution < -0.4 is 10.6 Å². The highest BCUT2D eigenvalue weighted by molar-refractivity contribution is 5.99. The van der Waals surface area contributed by atoms with Crippen LogP contribution in [0.25, 0.3) is 0 Å². The lowest BCUT2D eigenvalue weighted by Gasteiger charge is -2.41. The van der Waals surface area contributed by atoms with Crippen molar-refractivity contribution in [1.29, 1.82) is 0 Å². The molecule has 4 rings (SSSR count). The Kier molecular flexibility index (Phi) is 6.42. The van der Waals surface area contributed by atoms with Crippen molar-refractivity contribution in [2.45, 2.75) is 58.4 Å². The molecule has 1 aromatic carbocycles. The summed E-state index contributed by atoms with van der Waals surface area (Å²) >= 11 is 0. The fourth-order valence-electron chi connectivity index (χ4n) is 4.90. The molecule has 0 radical (unpaired) electrons. The highest BCUT2D eigenvalue weighted by Crippen LogP contribution is 2.28. The van der Waals surface area contributed by atoms with Crippen molar-refractivity contribution < 1.29 is 4.79 Å². The Morgan fingerprint density at radius 2 is 1.73 bits per heavy atom. The second-order valence-electron chi connectivity index (χ2n) is 9.19. The van der Waals surface area contributed by atoms with Gasteiger partial charge in [0, 0.05) is 19.1 Å². The van der Waals surface area contributed by atoms with E-state index >= 15 is 0 Å². The van der Waals surface area contributed by atoms with Crippen LogP contribution in [0.5, 0.6) is 0 Å². The van der Waals surface area contributed by atoms with E-state index in [1.807, 2.05) is 0 Å². The molecule has 0 atom stereocenters. The quantitative estimate of drug-likeness (QED) is 0.767. The molecule has 0 aliphatic carbocycles. The molecule has 2 saturated heterocycles. The van der Waals surface area contributed by atoms with Gasteiger partial charge in [0.2, 0.25) is 0 Å². The van der Waals surface area contributed by atoms with Gasteiger partial charge in [-0.1, -0.05) is 36.8 Å². The Bertz CT molecular complexity index is 843. The van der Waals surface area contributed by atoms with E-state index in [2.05, 4.69) is 58.1 Å². The molecule has 1 aromatic heterocycles. The summed E-state index contributed by atoms with van der Waals surface area (Å²) in [7, 11) is 0. The summed E-state index contributed by atoms with van der Waals surface area (Å²) in [5, 5.41) is 7.63. The van der Waals surface area contributed by atoms with Crippen LogP contribution in [0.4, 0.5) is 5.82 Å². The van der Waals surface area contributed by atoms with Crippen LogP contribution in [0.2, 0.25) is 0 Å². The van der Waals surface area contributed by atoms with Crippen molar-refractivity contribution in [3.05, 3.63) is 46.6 Å².